The van der Waals surface area contributed by atoms with Crippen LogP contribution in [0.4, 0.5) is 5.69 Å². The summed E-state index contributed by atoms with van der Waals surface area (Å²) in [7, 11) is 0. The fourth-order valence-corrected chi connectivity index (χ4v) is 1.91. The standard InChI is InChI=1S/C15H23NO.C2H6/c1-10-8-11(14(2,3)4)9-12(13(10)16-17)15(5,6)7;1-2/h8-9H,1-7H3;1-2H3. The summed E-state index contributed by atoms with van der Waals surface area (Å²) in [4.78, 5) is 11.0. The lowest BCUT2D eigenvalue weighted by Gasteiger charge is -2.26. The monoisotopic (exact) mass is 263 g/mol. The van der Waals surface area contributed by atoms with Crippen LogP contribution >= 0.6 is 0 Å². The third kappa shape index (κ3) is 4.45. The number of nitroso groups, excluding NO2 is 1. The van der Waals surface area contributed by atoms with E-state index in [1.165, 1.54) is 5.56 Å². The van der Waals surface area contributed by atoms with Gasteiger partial charge in [-0.1, -0.05) is 67.5 Å². The highest BCUT2D eigenvalue weighted by Gasteiger charge is 2.24. The Bertz CT molecular complexity index is 434. The van der Waals surface area contributed by atoms with Crippen molar-refractivity contribution in [2.24, 2.45) is 5.18 Å². The fraction of sp³-hybridized carbons (Fsp3) is 0.647. The van der Waals surface area contributed by atoms with Crippen molar-refractivity contribution >= 4 is 5.69 Å². The lowest BCUT2D eigenvalue weighted by Crippen LogP contribution is -2.17. The van der Waals surface area contributed by atoms with Gasteiger partial charge in [0.15, 0.2) is 0 Å². The SMILES string of the molecule is CC.Cc1cc(C(C)(C)C)cc(C(C)(C)C)c1N=O. The Morgan fingerprint density at radius 2 is 1.37 bits per heavy atom. The number of nitrogens with zero attached hydrogens (tertiary/aromatic N) is 1. The van der Waals surface area contributed by atoms with Gasteiger partial charge in [0.2, 0.25) is 0 Å². The van der Waals surface area contributed by atoms with Crippen LogP contribution in [-0.2, 0) is 10.8 Å². The van der Waals surface area contributed by atoms with Crippen molar-refractivity contribution in [1.82, 2.24) is 0 Å². The molecule has 0 amide bonds. The average Bonchev–Trinajstić information content (AvgIpc) is 2.28. The Kier molecular flexibility index (Phi) is 5.92. The zero-order chi connectivity index (χ0) is 15.4. The molecule has 0 aromatic heterocycles. The molecule has 0 N–H and O–H groups in total. The molecule has 0 saturated heterocycles. The third-order valence-electron chi connectivity index (χ3n) is 3.07. The van der Waals surface area contributed by atoms with Crippen molar-refractivity contribution < 1.29 is 0 Å². The molecule has 1 rings (SSSR count). The second-order valence-electron chi connectivity index (χ2n) is 6.78. The number of hydrogen-bond donors (Lipinski definition) is 0. The molecule has 0 aliphatic rings. The van der Waals surface area contributed by atoms with Crippen LogP contribution in [-0.4, -0.2) is 0 Å². The second kappa shape index (κ2) is 6.31. The van der Waals surface area contributed by atoms with E-state index >= 15 is 0 Å². The van der Waals surface area contributed by atoms with Crippen molar-refractivity contribution in [2.75, 3.05) is 0 Å². The molecular weight excluding hydrogens is 234 g/mol. The highest BCUT2D eigenvalue weighted by molar-refractivity contribution is 5.57. The molecule has 0 atom stereocenters. The third-order valence-corrected chi connectivity index (χ3v) is 3.07. The molecule has 0 saturated carbocycles. The van der Waals surface area contributed by atoms with Crippen molar-refractivity contribution in [1.29, 1.82) is 0 Å². The Hall–Kier alpha value is -1.18. The molecule has 0 aliphatic carbocycles. The summed E-state index contributed by atoms with van der Waals surface area (Å²) in [5.41, 5.74) is 3.90. The van der Waals surface area contributed by atoms with Crippen LogP contribution in [0.3, 0.4) is 0 Å². The van der Waals surface area contributed by atoms with Gasteiger partial charge in [-0.2, -0.15) is 0 Å². The van der Waals surface area contributed by atoms with Gasteiger partial charge >= 0.3 is 0 Å². The maximum Gasteiger partial charge on any atom is 0.114 e. The van der Waals surface area contributed by atoms with Crippen molar-refractivity contribution in [3.8, 4) is 0 Å². The van der Waals surface area contributed by atoms with Crippen LogP contribution < -0.4 is 0 Å². The van der Waals surface area contributed by atoms with Crippen LogP contribution in [0.25, 0.3) is 0 Å². The highest BCUT2D eigenvalue weighted by Crippen LogP contribution is 2.37. The van der Waals surface area contributed by atoms with E-state index in [1.54, 1.807) is 0 Å². The summed E-state index contributed by atoms with van der Waals surface area (Å²) in [6.45, 7) is 18.8. The molecule has 0 heterocycles. The van der Waals surface area contributed by atoms with Gasteiger partial charge in [0.05, 0.1) is 0 Å². The summed E-state index contributed by atoms with van der Waals surface area (Å²) in [5.74, 6) is 0. The van der Waals surface area contributed by atoms with E-state index in [0.29, 0.717) is 5.69 Å². The van der Waals surface area contributed by atoms with Crippen molar-refractivity contribution in [3.05, 3.63) is 33.7 Å². The second-order valence-corrected chi connectivity index (χ2v) is 6.78. The van der Waals surface area contributed by atoms with Crippen molar-refractivity contribution in [3.63, 3.8) is 0 Å². The topological polar surface area (TPSA) is 29.4 Å². The van der Waals surface area contributed by atoms with E-state index in [9.17, 15) is 4.91 Å². The molecule has 0 radical (unpaired) electrons. The van der Waals surface area contributed by atoms with Gasteiger partial charge in [0.25, 0.3) is 0 Å². The fourth-order valence-electron chi connectivity index (χ4n) is 1.91. The van der Waals surface area contributed by atoms with Crippen LogP contribution in [0.2, 0.25) is 0 Å². The molecule has 1 aromatic carbocycles. The van der Waals surface area contributed by atoms with Gasteiger partial charge in [-0.3, -0.25) is 0 Å². The van der Waals surface area contributed by atoms with Gasteiger partial charge in [-0.15, -0.1) is 4.91 Å². The van der Waals surface area contributed by atoms with Gasteiger partial charge in [0.1, 0.15) is 5.69 Å². The Morgan fingerprint density at radius 1 is 0.895 bits per heavy atom. The molecule has 0 aliphatic heterocycles. The van der Waals surface area contributed by atoms with Crippen LogP contribution in [0.15, 0.2) is 17.3 Å². The first-order valence-corrected chi connectivity index (χ1v) is 7.06. The molecule has 19 heavy (non-hydrogen) atoms. The predicted octanol–water partition coefficient (Wildman–Crippen LogP) is 6.01. The summed E-state index contributed by atoms with van der Waals surface area (Å²) in [6.07, 6.45) is 0. The molecule has 0 bridgehead atoms. The predicted molar refractivity (Wildman–Crippen MR) is 85.4 cm³/mol. The van der Waals surface area contributed by atoms with Gasteiger partial charge in [0, 0.05) is 0 Å². The Balaban J connectivity index is 0.00000154. The average molecular weight is 263 g/mol. The van der Waals surface area contributed by atoms with Gasteiger partial charge in [-0.25, -0.2) is 0 Å². The summed E-state index contributed by atoms with van der Waals surface area (Å²) < 4.78 is 0. The van der Waals surface area contributed by atoms with E-state index in [0.717, 1.165) is 11.1 Å². The summed E-state index contributed by atoms with van der Waals surface area (Å²) >= 11 is 0. The van der Waals surface area contributed by atoms with E-state index in [2.05, 4.69) is 58.9 Å². The van der Waals surface area contributed by atoms with E-state index in [4.69, 9.17) is 0 Å². The first kappa shape index (κ1) is 17.8. The maximum atomic E-state index is 11.0. The molecule has 108 valence electrons. The molecule has 0 fully saturated rings. The zero-order valence-electron chi connectivity index (χ0n) is 14.0. The molecule has 0 spiro atoms. The maximum absolute atomic E-state index is 11.0. The molecule has 0 unspecified atom stereocenters. The minimum atomic E-state index is -0.0603. The Labute approximate surface area is 118 Å². The van der Waals surface area contributed by atoms with Crippen molar-refractivity contribution in [2.45, 2.75) is 73.1 Å². The zero-order valence-corrected chi connectivity index (χ0v) is 14.0. The first-order valence-electron chi connectivity index (χ1n) is 7.06. The minimum Gasteiger partial charge on any atom is -0.145 e. The van der Waals surface area contributed by atoms with Crippen LogP contribution in [0.5, 0.6) is 0 Å². The minimum absolute atomic E-state index is 0.0603. The normalized spacial score (nSPS) is 11.6. The van der Waals surface area contributed by atoms with Gasteiger partial charge < -0.3 is 0 Å². The molecule has 1 aromatic rings. The number of benzene rings is 1. The summed E-state index contributed by atoms with van der Waals surface area (Å²) in [6, 6.07) is 4.20. The molecular formula is C17H29NO. The number of hydrogen-bond acceptors (Lipinski definition) is 2. The summed E-state index contributed by atoms with van der Waals surface area (Å²) in [5, 5.41) is 3.21. The van der Waals surface area contributed by atoms with E-state index in [-0.39, 0.29) is 10.8 Å². The lowest BCUT2D eigenvalue weighted by molar-refractivity contribution is 0.568. The van der Waals surface area contributed by atoms with Crippen LogP contribution in [0, 0.1) is 11.8 Å². The smallest absolute Gasteiger partial charge is 0.114 e. The highest BCUT2D eigenvalue weighted by atomic mass is 16.3. The Morgan fingerprint density at radius 3 is 1.68 bits per heavy atom. The lowest BCUT2D eigenvalue weighted by atomic mass is 9.78. The first-order chi connectivity index (χ1) is 8.57. The van der Waals surface area contributed by atoms with Gasteiger partial charge in [-0.05, 0) is 39.6 Å². The van der Waals surface area contributed by atoms with E-state index in [1.807, 2.05) is 20.8 Å². The number of aryl methyl sites for hydroxylation is 1. The number of rotatable bonds is 1. The molecule has 2 heteroatoms. The quantitative estimate of drug-likeness (QED) is 0.570. The van der Waals surface area contributed by atoms with Crippen LogP contribution in [0.1, 0.15) is 72.1 Å². The van der Waals surface area contributed by atoms with E-state index < -0.39 is 0 Å². The largest absolute Gasteiger partial charge is 0.145 e. The molecule has 2 nitrogen and oxygen atoms in total.